The summed E-state index contributed by atoms with van der Waals surface area (Å²) in [7, 11) is 0. The molecule has 4 nitrogen and oxygen atoms in total. The Balaban J connectivity index is 1.96. The van der Waals surface area contributed by atoms with E-state index in [9.17, 15) is 4.79 Å². The molecule has 2 aliphatic heterocycles. The topological polar surface area (TPSA) is 49.8 Å². The number of hydrogen-bond donors (Lipinski definition) is 1. The molecule has 0 spiro atoms. The highest BCUT2D eigenvalue weighted by Crippen LogP contribution is 2.32. The van der Waals surface area contributed by atoms with Crippen LogP contribution in [0.1, 0.15) is 58.8 Å². The molecule has 4 heteroatoms. The summed E-state index contributed by atoms with van der Waals surface area (Å²) in [5.74, 6) is -0.669. The standard InChI is InChI=1S/C15H27NO3/c1-15(2)11-13(8-10-19-15)16-9-4-3-5-12(16)6-7-14(17)18/h12-13H,3-11H2,1-2H3,(H,17,18). The van der Waals surface area contributed by atoms with Gasteiger partial charge in [-0.3, -0.25) is 9.69 Å². The fraction of sp³-hybridized carbons (Fsp3) is 0.933. The van der Waals surface area contributed by atoms with E-state index in [4.69, 9.17) is 9.84 Å². The predicted molar refractivity (Wildman–Crippen MR) is 74.3 cm³/mol. The third-order valence-corrected chi connectivity index (χ3v) is 4.50. The van der Waals surface area contributed by atoms with Gasteiger partial charge in [0, 0.05) is 25.1 Å². The first-order chi connectivity index (χ1) is 8.98. The molecule has 0 radical (unpaired) electrons. The molecule has 19 heavy (non-hydrogen) atoms. The van der Waals surface area contributed by atoms with Gasteiger partial charge in [-0.1, -0.05) is 6.42 Å². The van der Waals surface area contributed by atoms with Crippen molar-refractivity contribution in [3.05, 3.63) is 0 Å². The van der Waals surface area contributed by atoms with Crippen molar-refractivity contribution in [2.24, 2.45) is 0 Å². The lowest BCUT2D eigenvalue weighted by Crippen LogP contribution is -2.52. The Bertz CT molecular complexity index is 317. The first-order valence-corrected chi connectivity index (χ1v) is 7.59. The van der Waals surface area contributed by atoms with Gasteiger partial charge in [0.05, 0.1) is 5.60 Å². The highest BCUT2D eigenvalue weighted by Gasteiger charge is 2.36. The maximum absolute atomic E-state index is 10.8. The molecule has 0 aromatic carbocycles. The van der Waals surface area contributed by atoms with E-state index in [-0.39, 0.29) is 5.60 Å². The molecule has 2 unspecified atom stereocenters. The molecule has 0 aromatic heterocycles. The third-order valence-electron chi connectivity index (χ3n) is 4.50. The van der Waals surface area contributed by atoms with Crippen LogP contribution in [0.4, 0.5) is 0 Å². The van der Waals surface area contributed by atoms with Gasteiger partial charge in [0.15, 0.2) is 0 Å². The minimum Gasteiger partial charge on any atom is -0.481 e. The van der Waals surface area contributed by atoms with Gasteiger partial charge in [0.1, 0.15) is 0 Å². The average Bonchev–Trinajstić information content (AvgIpc) is 2.35. The molecule has 2 saturated heterocycles. The Labute approximate surface area is 116 Å². The van der Waals surface area contributed by atoms with Gasteiger partial charge in [-0.15, -0.1) is 0 Å². The van der Waals surface area contributed by atoms with Crippen LogP contribution in [0.3, 0.4) is 0 Å². The van der Waals surface area contributed by atoms with Crippen LogP contribution in [-0.2, 0) is 9.53 Å². The Morgan fingerprint density at radius 3 is 2.84 bits per heavy atom. The summed E-state index contributed by atoms with van der Waals surface area (Å²) in [6.45, 7) is 6.29. The number of rotatable bonds is 4. The van der Waals surface area contributed by atoms with Crippen LogP contribution in [-0.4, -0.2) is 46.8 Å². The lowest BCUT2D eigenvalue weighted by Gasteiger charge is -2.46. The largest absolute Gasteiger partial charge is 0.481 e. The van der Waals surface area contributed by atoms with Gasteiger partial charge >= 0.3 is 5.97 Å². The molecule has 2 fully saturated rings. The van der Waals surface area contributed by atoms with Crippen molar-refractivity contribution in [1.82, 2.24) is 4.90 Å². The van der Waals surface area contributed by atoms with E-state index in [1.165, 1.54) is 12.8 Å². The van der Waals surface area contributed by atoms with Gasteiger partial charge < -0.3 is 9.84 Å². The van der Waals surface area contributed by atoms with Crippen LogP contribution in [0.25, 0.3) is 0 Å². The summed E-state index contributed by atoms with van der Waals surface area (Å²) >= 11 is 0. The highest BCUT2D eigenvalue weighted by molar-refractivity contribution is 5.66. The van der Waals surface area contributed by atoms with Crippen LogP contribution in [0.2, 0.25) is 0 Å². The second-order valence-corrected chi connectivity index (χ2v) is 6.57. The first kappa shape index (κ1) is 14.8. The van der Waals surface area contributed by atoms with Crippen LogP contribution >= 0.6 is 0 Å². The van der Waals surface area contributed by atoms with E-state index in [0.29, 0.717) is 18.5 Å². The van der Waals surface area contributed by atoms with E-state index in [1.54, 1.807) is 0 Å². The zero-order chi connectivity index (χ0) is 13.9. The summed E-state index contributed by atoms with van der Waals surface area (Å²) in [6, 6.07) is 1.03. The monoisotopic (exact) mass is 269 g/mol. The minimum atomic E-state index is -0.669. The van der Waals surface area contributed by atoms with Gasteiger partial charge in [-0.25, -0.2) is 0 Å². The van der Waals surface area contributed by atoms with Crippen LogP contribution in [0, 0.1) is 0 Å². The zero-order valence-electron chi connectivity index (χ0n) is 12.2. The smallest absolute Gasteiger partial charge is 0.303 e. The fourth-order valence-corrected chi connectivity index (χ4v) is 3.59. The van der Waals surface area contributed by atoms with E-state index < -0.39 is 5.97 Å². The summed E-state index contributed by atoms with van der Waals surface area (Å²) < 4.78 is 5.80. The molecule has 0 aliphatic carbocycles. The van der Waals surface area contributed by atoms with Crippen LogP contribution in [0.5, 0.6) is 0 Å². The summed E-state index contributed by atoms with van der Waals surface area (Å²) in [4.78, 5) is 13.4. The van der Waals surface area contributed by atoms with Crippen LogP contribution < -0.4 is 0 Å². The molecule has 110 valence electrons. The summed E-state index contributed by atoms with van der Waals surface area (Å²) in [5.41, 5.74) is -0.0300. The van der Waals surface area contributed by atoms with Crippen molar-refractivity contribution in [2.45, 2.75) is 76.5 Å². The molecule has 0 aromatic rings. The molecular weight excluding hydrogens is 242 g/mol. The Morgan fingerprint density at radius 1 is 1.37 bits per heavy atom. The number of carbonyl (C=O) groups is 1. The molecule has 2 atom stereocenters. The van der Waals surface area contributed by atoms with E-state index in [2.05, 4.69) is 18.7 Å². The highest BCUT2D eigenvalue weighted by atomic mass is 16.5. The Kier molecular flexibility index (Phi) is 4.85. The molecule has 2 aliphatic rings. The van der Waals surface area contributed by atoms with Gasteiger partial charge in [-0.2, -0.15) is 0 Å². The summed E-state index contributed by atoms with van der Waals surface area (Å²) in [6.07, 6.45) is 6.91. The van der Waals surface area contributed by atoms with Crippen molar-refractivity contribution in [3.63, 3.8) is 0 Å². The van der Waals surface area contributed by atoms with Gasteiger partial charge in [0.2, 0.25) is 0 Å². The maximum atomic E-state index is 10.8. The molecule has 2 rings (SSSR count). The molecule has 0 bridgehead atoms. The predicted octanol–water partition coefficient (Wildman–Crippen LogP) is 2.66. The number of likely N-dealkylation sites (tertiary alicyclic amines) is 1. The van der Waals surface area contributed by atoms with E-state index >= 15 is 0 Å². The minimum absolute atomic E-state index is 0.0300. The number of ether oxygens (including phenoxy) is 1. The Morgan fingerprint density at radius 2 is 2.16 bits per heavy atom. The summed E-state index contributed by atoms with van der Waals surface area (Å²) in [5, 5.41) is 8.89. The van der Waals surface area contributed by atoms with Crippen molar-refractivity contribution < 1.29 is 14.6 Å². The van der Waals surface area contributed by atoms with E-state index in [0.717, 1.165) is 38.8 Å². The zero-order valence-corrected chi connectivity index (χ0v) is 12.2. The van der Waals surface area contributed by atoms with E-state index in [1.807, 2.05) is 0 Å². The maximum Gasteiger partial charge on any atom is 0.303 e. The first-order valence-electron chi connectivity index (χ1n) is 7.59. The van der Waals surface area contributed by atoms with Crippen molar-refractivity contribution in [3.8, 4) is 0 Å². The third kappa shape index (κ3) is 4.18. The number of nitrogens with zero attached hydrogens (tertiary/aromatic N) is 1. The lowest BCUT2D eigenvalue weighted by atomic mass is 9.88. The second kappa shape index (κ2) is 6.23. The number of carboxylic acid groups (broad SMARTS) is 1. The quantitative estimate of drug-likeness (QED) is 0.852. The number of hydrogen-bond acceptors (Lipinski definition) is 3. The van der Waals surface area contributed by atoms with Crippen LogP contribution in [0.15, 0.2) is 0 Å². The van der Waals surface area contributed by atoms with Crippen molar-refractivity contribution in [2.75, 3.05) is 13.2 Å². The molecule has 2 heterocycles. The fourth-order valence-electron chi connectivity index (χ4n) is 3.59. The average molecular weight is 269 g/mol. The molecule has 0 saturated carbocycles. The second-order valence-electron chi connectivity index (χ2n) is 6.57. The molecule has 1 N–H and O–H groups in total. The van der Waals surface area contributed by atoms with Gasteiger partial charge in [0.25, 0.3) is 0 Å². The number of carboxylic acids is 1. The number of aliphatic carboxylic acids is 1. The molecule has 0 amide bonds. The molecular formula is C15H27NO3. The SMILES string of the molecule is CC1(C)CC(N2CCCCC2CCC(=O)O)CCO1. The van der Waals surface area contributed by atoms with Crippen molar-refractivity contribution in [1.29, 1.82) is 0 Å². The van der Waals surface area contributed by atoms with Gasteiger partial charge in [-0.05, 0) is 52.5 Å². The number of piperidine rings is 1. The Hall–Kier alpha value is -0.610. The lowest BCUT2D eigenvalue weighted by molar-refractivity contribution is -0.138. The normalized spacial score (nSPS) is 32.1. The van der Waals surface area contributed by atoms with Crippen molar-refractivity contribution >= 4 is 5.97 Å².